The topological polar surface area (TPSA) is 72.2 Å². The van der Waals surface area contributed by atoms with E-state index in [4.69, 9.17) is 6.85 Å². The maximum absolute atomic E-state index is 14.8. The van der Waals surface area contributed by atoms with Crippen LogP contribution in [-0.2, 0) is 6.98 Å². The number of carbonyl (C=O) groups is 1. The summed E-state index contributed by atoms with van der Waals surface area (Å²) < 4.78 is 78.3. The third-order valence-electron chi connectivity index (χ3n) is 4.71. The summed E-state index contributed by atoms with van der Waals surface area (Å²) in [5.74, 6) is -4.02. The van der Waals surface area contributed by atoms with Gasteiger partial charge < -0.3 is 5.32 Å². The molecule has 2 aromatic carbocycles. The third kappa shape index (κ3) is 2.45. The maximum Gasteiger partial charge on any atom is 0.185 e. The first-order chi connectivity index (χ1) is 15.9. The minimum Gasteiger partial charge on any atom is -0.376 e. The van der Waals surface area contributed by atoms with E-state index < -0.39 is 55.0 Å². The molecule has 0 aliphatic carbocycles. The van der Waals surface area contributed by atoms with Crippen molar-refractivity contribution in [3.8, 4) is 0 Å². The molecule has 0 radical (unpaired) electrons. The van der Waals surface area contributed by atoms with Gasteiger partial charge in [0.15, 0.2) is 5.78 Å². The van der Waals surface area contributed by atoms with E-state index in [1.54, 1.807) is 0 Å². The molecule has 1 aromatic heterocycles. The van der Waals surface area contributed by atoms with Crippen molar-refractivity contribution in [3.63, 3.8) is 0 Å². The van der Waals surface area contributed by atoms with Gasteiger partial charge in [-0.25, -0.2) is 13.8 Å². The van der Waals surface area contributed by atoms with Crippen molar-refractivity contribution in [1.82, 2.24) is 14.8 Å². The van der Waals surface area contributed by atoms with Crippen LogP contribution in [0.2, 0.25) is 0 Å². The lowest BCUT2D eigenvalue weighted by molar-refractivity contribution is 0.0999. The van der Waals surface area contributed by atoms with Crippen LogP contribution in [0.25, 0.3) is 0 Å². The van der Waals surface area contributed by atoms with Crippen molar-refractivity contribution in [2.45, 2.75) is 11.9 Å². The molecule has 140 valence electrons. The number of rotatable bonds is 2. The summed E-state index contributed by atoms with van der Waals surface area (Å²) in [6.07, 6.45) is 0.994. The van der Waals surface area contributed by atoms with Crippen molar-refractivity contribution in [2.75, 3.05) is 11.9 Å². The SMILES string of the molecule is [2H]c1c(F)c([2H])c2c3c1N[C@@]([2H])(c1ccc(F)cc1)[C@H](c1ncnn1C([2H])([2H])[2H])C3=NCC2=O. The summed E-state index contributed by atoms with van der Waals surface area (Å²) in [6, 6.07) is 1.19. The molecule has 2 aliphatic rings. The minimum atomic E-state index is -2.78. The van der Waals surface area contributed by atoms with Gasteiger partial charge in [0.1, 0.15) is 30.3 Å². The highest BCUT2D eigenvalue weighted by Crippen LogP contribution is 2.44. The first-order valence-electron chi connectivity index (χ1n) is 11.3. The largest absolute Gasteiger partial charge is 0.376 e. The molecule has 2 atom stereocenters. The first-order valence-corrected chi connectivity index (χ1v) is 8.30. The number of anilines is 1. The Morgan fingerprint density at radius 1 is 1.29 bits per heavy atom. The lowest BCUT2D eigenvalue weighted by Gasteiger charge is -2.37. The molecule has 28 heavy (non-hydrogen) atoms. The standard InChI is InChI=1S/C20H15F2N5O/c1-27-20(24-9-25-27)17-18(10-2-4-11(21)5-3-10)26-14-7-12(22)6-13-15(28)8-23-19(17)16(13)14/h2-7,9,17-18,26H,8H2,1H3/t17-,18-/m0/s1/i1D3,6D,7D,18D. The highest BCUT2D eigenvalue weighted by atomic mass is 19.1. The predicted octanol–water partition coefficient (Wildman–Crippen LogP) is 3.03. The summed E-state index contributed by atoms with van der Waals surface area (Å²) in [4.78, 5) is 20.9. The van der Waals surface area contributed by atoms with Crippen LogP contribution in [0, 0.1) is 11.6 Å². The predicted molar refractivity (Wildman–Crippen MR) is 98.6 cm³/mol. The molecule has 6 nitrogen and oxygen atoms in total. The number of ketones is 1. The fourth-order valence-electron chi connectivity index (χ4n) is 3.52. The molecular formula is C20H15F2N5O. The summed E-state index contributed by atoms with van der Waals surface area (Å²) in [5.41, 5.74) is -0.482. The van der Waals surface area contributed by atoms with E-state index in [1.807, 2.05) is 0 Å². The number of carbonyl (C=O) groups excluding carboxylic acids is 1. The molecule has 5 rings (SSSR count). The van der Waals surface area contributed by atoms with Crippen LogP contribution in [0.1, 0.15) is 47.5 Å². The van der Waals surface area contributed by atoms with Gasteiger partial charge in [-0.05, 0) is 29.8 Å². The minimum absolute atomic E-state index is 0.0109. The van der Waals surface area contributed by atoms with Gasteiger partial charge in [-0.1, -0.05) is 12.1 Å². The second kappa shape index (κ2) is 6.05. The Balaban J connectivity index is 1.88. The molecule has 1 N–H and O–H groups in total. The zero-order chi connectivity index (χ0) is 24.6. The van der Waals surface area contributed by atoms with Gasteiger partial charge in [-0.15, -0.1) is 0 Å². The van der Waals surface area contributed by atoms with E-state index in [1.165, 1.54) is 12.1 Å². The molecular weight excluding hydrogens is 364 g/mol. The van der Waals surface area contributed by atoms with Crippen LogP contribution in [0.15, 0.2) is 47.7 Å². The zero-order valence-corrected chi connectivity index (χ0v) is 14.1. The van der Waals surface area contributed by atoms with Crippen molar-refractivity contribution in [1.29, 1.82) is 0 Å². The number of nitrogens with one attached hydrogen (secondary N) is 1. The average molecular weight is 385 g/mol. The number of Topliss-reactive ketones (excluding diaryl/α,β-unsaturated/α-hetero) is 1. The summed E-state index contributed by atoms with van der Waals surface area (Å²) in [6.45, 7) is -3.25. The normalized spacial score (nSPS) is 26.6. The van der Waals surface area contributed by atoms with Crippen LogP contribution in [-0.4, -0.2) is 32.8 Å². The Labute approximate surface area is 167 Å². The Morgan fingerprint density at radius 2 is 2.11 bits per heavy atom. The van der Waals surface area contributed by atoms with Crippen LogP contribution in [0.3, 0.4) is 0 Å². The molecule has 3 aromatic rings. The number of benzene rings is 2. The van der Waals surface area contributed by atoms with Crippen LogP contribution < -0.4 is 5.32 Å². The fraction of sp³-hybridized carbons (Fsp3) is 0.200. The van der Waals surface area contributed by atoms with Crippen molar-refractivity contribution in [3.05, 3.63) is 76.8 Å². The van der Waals surface area contributed by atoms with Crippen molar-refractivity contribution in [2.24, 2.45) is 12.0 Å². The van der Waals surface area contributed by atoms with Crippen LogP contribution in [0.5, 0.6) is 0 Å². The Hall–Kier alpha value is -3.42. The number of halogens is 2. The molecule has 2 aliphatic heterocycles. The second-order valence-electron chi connectivity index (χ2n) is 6.32. The van der Waals surface area contributed by atoms with E-state index >= 15 is 0 Å². The van der Waals surface area contributed by atoms with Crippen LogP contribution in [0.4, 0.5) is 14.5 Å². The molecule has 0 fully saturated rings. The Morgan fingerprint density at radius 3 is 2.89 bits per heavy atom. The number of hydrogen-bond acceptors (Lipinski definition) is 5. The molecule has 0 saturated carbocycles. The molecule has 0 bridgehead atoms. The first kappa shape index (κ1) is 11.4. The summed E-state index contributed by atoms with van der Waals surface area (Å²) >= 11 is 0. The number of aryl methyl sites for hydroxylation is 1. The lowest BCUT2D eigenvalue weighted by atomic mass is 9.78. The van der Waals surface area contributed by atoms with Gasteiger partial charge in [-0.2, -0.15) is 5.10 Å². The van der Waals surface area contributed by atoms with Crippen molar-refractivity contribution >= 4 is 17.2 Å². The monoisotopic (exact) mass is 385 g/mol. The second-order valence-corrected chi connectivity index (χ2v) is 6.32. The van der Waals surface area contributed by atoms with E-state index in [2.05, 4.69) is 20.4 Å². The van der Waals surface area contributed by atoms with Crippen molar-refractivity contribution < 1.29 is 21.8 Å². The molecule has 0 saturated heterocycles. The molecule has 0 unspecified atom stereocenters. The Kier molecular flexibility index (Phi) is 2.47. The van der Waals surface area contributed by atoms with Gasteiger partial charge in [0.05, 0.1) is 21.8 Å². The van der Waals surface area contributed by atoms with Gasteiger partial charge >= 0.3 is 0 Å². The van der Waals surface area contributed by atoms with Gasteiger partial charge in [-0.3, -0.25) is 14.5 Å². The molecule has 0 spiro atoms. The average Bonchev–Trinajstić information content (AvgIpc) is 3.26. The zero-order valence-electron chi connectivity index (χ0n) is 20.1. The van der Waals surface area contributed by atoms with E-state index in [0.29, 0.717) is 4.68 Å². The highest BCUT2D eigenvalue weighted by Gasteiger charge is 2.42. The number of aliphatic imine (C=N–C) groups is 1. The highest BCUT2D eigenvalue weighted by molar-refractivity contribution is 6.21. The molecule has 3 heterocycles. The Bertz CT molecular complexity index is 1390. The number of nitrogens with zero attached hydrogens (tertiary/aromatic N) is 4. The third-order valence-corrected chi connectivity index (χ3v) is 4.71. The lowest BCUT2D eigenvalue weighted by Crippen LogP contribution is -2.37. The molecule has 0 amide bonds. The smallest absolute Gasteiger partial charge is 0.185 e. The summed E-state index contributed by atoms with van der Waals surface area (Å²) in [7, 11) is 0. The fourth-order valence-corrected chi connectivity index (χ4v) is 3.52. The van der Waals surface area contributed by atoms with Gasteiger partial charge in [0, 0.05) is 27.9 Å². The number of hydrogen-bond donors (Lipinski definition) is 1. The summed E-state index contributed by atoms with van der Waals surface area (Å²) in [5, 5.41) is 6.54. The maximum atomic E-state index is 14.8. The van der Waals surface area contributed by atoms with E-state index in [0.717, 1.165) is 18.5 Å². The molecule has 8 heteroatoms. The quantitative estimate of drug-likeness (QED) is 0.736. The van der Waals surface area contributed by atoms with Gasteiger partial charge in [0.25, 0.3) is 0 Å². The van der Waals surface area contributed by atoms with Gasteiger partial charge in [0.2, 0.25) is 0 Å². The van der Waals surface area contributed by atoms with E-state index in [9.17, 15) is 14.9 Å². The number of aromatic nitrogens is 3. The van der Waals surface area contributed by atoms with E-state index in [-0.39, 0.29) is 33.9 Å². The van der Waals surface area contributed by atoms with Crippen LogP contribution >= 0.6 is 0 Å².